The molecule has 2 amide bonds. The van der Waals surface area contributed by atoms with E-state index in [0.717, 1.165) is 36.9 Å². The van der Waals surface area contributed by atoms with Gasteiger partial charge in [-0.25, -0.2) is 4.98 Å². The van der Waals surface area contributed by atoms with E-state index in [2.05, 4.69) is 61.0 Å². The van der Waals surface area contributed by atoms with Gasteiger partial charge in [0.1, 0.15) is 48.2 Å². The van der Waals surface area contributed by atoms with Crippen molar-refractivity contribution in [2.45, 2.75) is 46.8 Å². The van der Waals surface area contributed by atoms with Crippen molar-refractivity contribution < 1.29 is 79.2 Å². The van der Waals surface area contributed by atoms with Crippen LogP contribution in [-0.2, 0) is 67.1 Å². The normalized spacial score (nSPS) is 11.9. The predicted octanol–water partition coefficient (Wildman–Crippen LogP) is 2.72. The maximum absolute atomic E-state index is 12.7. The summed E-state index contributed by atoms with van der Waals surface area (Å²) in [6, 6.07) is 5.65. The highest BCUT2D eigenvalue weighted by Gasteiger charge is 2.28. The fourth-order valence-corrected chi connectivity index (χ4v) is 9.31. The number of amides is 2. The Labute approximate surface area is 456 Å². The highest BCUT2D eigenvalue weighted by atomic mass is 35.5. The van der Waals surface area contributed by atoms with Gasteiger partial charge >= 0.3 is 10.6 Å². The van der Waals surface area contributed by atoms with E-state index < -0.39 is 152 Å². The number of nitrogens with one attached hydrogen (secondary N) is 2. The van der Waals surface area contributed by atoms with Crippen LogP contribution >= 0.6 is 23.2 Å². The van der Waals surface area contributed by atoms with Crippen molar-refractivity contribution >= 4 is 155 Å². The van der Waals surface area contributed by atoms with Gasteiger partial charge in [-0.05, 0) is 90.9 Å². The number of phenolic OH excluding ortho intramolecular Hbond substituents is 1. The molecule has 0 bridgehead atoms. The van der Waals surface area contributed by atoms with Crippen LogP contribution in [0, 0.1) is 6.92 Å². The lowest BCUT2D eigenvalue weighted by Gasteiger charge is -2.19. The third-order valence-corrected chi connectivity index (χ3v) is 13.2. The number of halogens is 2. The van der Waals surface area contributed by atoms with Crippen LogP contribution in [0.25, 0.3) is 10.8 Å². The molecule has 35 nitrogen and oxygen atoms in total. The van der Waals surface area contributed by atoms with Gasteiger partial charge in [-0.15, -0.1) is 33.1 Å². The molecule has 4 aromatic carbocycles. The molecule has 0 unspecified atom stereocenters. The molecule has 15 N–H and O–H groups in total. The summed E-state index contributed by atoms with van der Waals surface area (Å²) in [5, 5.41) is 30.1. The van der Waals surface area contributed by atoms with Gasteiger partial charge in [0, 0.05) is 12.2 Å². The van der Waals surface area contributed by atoms with Gasteiger partial charge in [0.15, 0.2) is 5.75 Å². The van der Waals surface area contributed by atoms with Crippen LogP contribution in [-0.4, -0.2) is 131 Å². The Morgan fingerprint density at radius 1 is 0.658 bits per heavy atom. The Kier molecular flexibility index (Phi) is 20.7. The van der Waals surface area contributed by atoms with Crippen molar-refractivity contribution in [3.05, 3.63) is 64.4 Å². The molecular formula is C37H39Cl2N17O18S5. The zero-order valence-electron chi connectivity index (χ0n) is 39.9. The second-order valence-electron chi connectivity index (χ2n) is 15.0. The smallest absolute Gasteiger partial charge is 0.425 e. The van der Waals surface area contributed by atoms with E-state index in [4.69, 9.17) is 58.8 Å². The Hall–Kier alpha value is -7.90. The lowest BCUT2D eigenvalue weighted by Crippen LogP contribution is -2.35. The van der Waals surface area contributed by atoms with Crippen molar-refractivity contribution in [3.8, 4) is 5.75 Å². The van der Waals surface area contributed by atoms with Gasteiger partial charge < -0.3 is 43.6 Å². The summed E-state index contributed by atoms with van der Waals surface area (Å²) >= 11 is 12.0. The summed E-state index contributed by atoms with van der Waals surface area (Å²) in [5.74, 6) is -3.76. The summed E-state index contributed by atoms with van der Waals surface area (Å²) in [5.41, 5.74) is 17.1. The van der Waals surface area contributed by atoms with E-state index in [1.165, 1.54) is 11.8 Å². The fraction of sp³-hybridized carbons (Fsp3) is 0.189. The summed E-state index contributed by atoms with van der Waals surface area (Å²) < 4.78 is 167. The minimum absolute atomic E-state index is 0.0423. The first-order valence-corrected chi connectivity index (χ1v) is 28.3. The minimum atomic E-state index is -5.53. The number of nitrogens with zero attached hydrogens (tertiary/aromatic N) is 11. The molecule has 0 spiro atoms. The number of phenols is 1. The Bertz CT molecular complexity index is 4070. The van der Waals surface area contributed by atoms with Crippen LogP contribution in [0.4, 0.5) is 57.7 Å². The van der Waals surface area contributed by atoms with Crippen LogP contribution in [0.15, 0.2) is 82.5 Å². The lowest BCUT2D eigenvalue weighted by atomic mass is 10.1. The van der Waals surface area contributed by atoms with Gasteiger partial charge in [0.25, 0.3) is 40.5 Å². The summed E-state index contributed by atoms with van der Waals surface area (Å²) in [7, 11) is -24.5. The Balaban J connectivity index is 0.00000181. The second kappa shape index (κ2) is 25.7. The lowest BCUT2D eigenvalue weighted by molar-refractivity contribution is -0.118. The van der Waals surface area contributed by atoms with Crippen LogP contribution in [0.5, 0.6) is 5.75 Å². The summed E-state index contributed by atoms with van der Waals surface area (Å²) in [4.78, 5) is 43.2. The van der Waals surface area contributed by atoms with Crippen molar-refractivity contribution in [1.29, 1.82) is 0 Å². The molecule has 0 radical (unpaired) electrons. The monoisotopic (exact) mass is 1240 g/mol. The molecule has 6 rings (SSSR count). The molecule has 42 heteroatoms. The quantitative estimate of drug-likeness (QED) is 0.0335. The molecule has 6 aromatic rings. The number of hydrogen-bond acceptors (Lipinski definition) is 29. The van der Waals surface area contributed by atoms with Gasteiger partial charge in [0.05, 0.1) is 29.7 Å². The second-order valence-corrected chi connectivity index (χ2v) is 21.6. The highest BCUT2D eigenvalue weighted by Crippen LogP contribution is 2.47. The molecule has 0 fully saturated rings. The molecule has 2 aromatic heterocycles. The first-order chi connectivity index (χ1) is 36.5. The maximum atomic E-state index is 12.7. The molecule has 0 aliphatic carbocycles. The van der Waals surface area contributed by atoms with Gasteiger partial charge in [-0.3, -0.25) is 27.8 Å². The van der Waals surface area contributed by atoms with Crippen molar-refractivity contribution in [2.24, 2.45) is 37.7 Å². The predicted molar refractivity (Wildman–Crippen MR) is 276 cm³/mol. The van der Waals surface area contributed by atoms with Crippen LogP contribution in [0.2, 0.25) is 10.6 Å². The van der Waals surface area contributed by atoms with E-state index in [1.54, 1.807) is 6.92 Å². The number of carbonyl (C=O) groups excluding carboxylic acids is 2. The molecule has 2 heterocycles. The van der Waals surface area contributed by atoms with E-state index >= 15 is 0 Å². The first kappa shape index (κ1) is 63.6. The molecular weight excluding hydrogens is 1200 g/mol. The number of aryl methyl sites for hydroxylation is 1. The highest BCUT2D eigenvalue weighted by molar-refractivity contribution is 7.87. The molecule has 79 heavy (non-hydrogen) atoms. The number of fused-ring (bicyclic) bond motifs is 1. The Morgan fingerprint density at radius 2 is 1.14 bits per heavy atom. The number of anilines is 6. The number of aromatic hydroxyl groups is 1. The first-order valence-electron chi connectivity index (χ1n) is 20.8. The van der Waals surface area contributed by atoms with E-state index in [0.29, 0.717) is 6.07 Å². The van der Waals surface area contributed by atoms with E-state index in [-0.39, 0.29) is 52.3 Å². The number of primary amides is 2. The van der Waals surface area contributed by atoms with Crippen molar-refractivity contribution in [1.82, 2.24) is 29.9 Å². The number of nitrogens with two attached hydrogens (primary N) is 4. The molecule has 0 aliphatic heterocycles. The zero-order valence-corrected chi connectivity index (χ0v) is 45.5. The number of hydrogen-bond donors (Lipinski definition) is 11. The average molecular weight is 1240 g/mol. The number of nitrogen functional groups attached to an aromatic ring is 1. The van der Waals surface area contributed by atoms with Gasteiger partial charge in [-0.2, -0.15) is 58.6 Å². The molecule has 0 saturated carbocycles. The van der Waals surface area contributed by atoms with E-state index in [9.17, 15) is 66.6 Å². The third kappa shape index (κ3) is 17.3. The van der Waals surface area contributed by atoms with E-state index in [1.807, 2.05) is 6.92 Å². The number of benzene rings is 4. The van der Waals surface area contributed by atoms with Crippen molar-refractivity contribution in [3.63, 3.8) is 0 Å². The Morgan fingerprint density at radius 3 is 1.66 bits per heavy atom. The van der Waals surface area contributed by atoms with Gasteiger partial charge in [0.2, 0.25) is 40.2 Å². The molecule has 0 atom stereocenters. The summed E-state index contributed by atoms with van der Waals surface area (Å²) in [6.45, 7) is 5.29. The summed E-state index contributed by atoms with van der Waals surface area (Å²) in [6.07, 6.45) is -0.429. The largest absolute Gasteiger partial charge is 0.505 e. The van der Waals surface area contributed by atoms with Crippen molar-refractivity contribution in [2.75, 3.05) is 40.9 Å². The van der Waals surface area contributed by atoms with Crippen LogP contribution in [0.1, 0.15) is 25.2 Å². The average Bonchev–Trinajstić information content (AvgIpc) is 3.29. The molecule has 424 valence electrons. The van der Waals surface area contributed by atoms with Gasteiger partial charge in [-0.1, -0.05) is 13.0 Å². The third-order valence-electron chi connectivity index (χ3n) is 9.32. The molecule has 0 saturated heterocycles. The standard InChI is InChI=1S/C35H32Cl2N16O15S4.C2H7N.O3S/c1-3-53(12-25(39)55)35-47-32(37)46-34(48-35)42-17-9-19(22(71(63,64)65)10-21(17)70(60,61)62)51-52-29-23(72(66,67)68)7-14-4-5-15(30(56)27(14)28(29)40)49-50-18-8-16(13(2)6-20(18)69(57,58)59)41-33-44-26(11-24(38)54)43-31(36)45-33;1-2-3;1-4(2)3/h4-10,56H,3,11-12,40H2,1-2H3,(H2,38,54)(H2,39,55)(H,57,58,59)(H,60,61,62)(H,63,64,65)(H,66,67,68)(H,41,43,44,45)(H,42,46,47,48);2-3H2,1H3;. The number of rotatable bonds is 18. The number of likely N-dealkylation sites (N-methyl/N-ethyl adjacent to an activating group) is 1. The van der Waals surface area contributed by atoms with Crippen LogP contribution in [0.3, 0.4) is 0 Å². The number of carbonyl (C=O) groups is 2. The minimum Gasteiger partial charge on any atom is -0.505 e. The maximum Gasteiger partial charge on any atom is 0.425 e. The zero-order chi connectivity index (χ0) is 59.7. The fourth-order valence-electron chi connectivity index (χ4n) is 6.26. The number of azo groups is 2. The van der Waals surface area contributed by atoms with Crippen LogP contribution < -0.4 is 38.5 Å². The molecule has 0 aliphatic rings. The number of aromatic nitrogens is 6. The topological polar surface area (TPSA) is 581 Å². The SMILES string of the molecule is CCN.CCN(CC(N)=O)c1nc(Cl)nc(Nc2cc(N=Nc3c(S(=O)(=O)O)cc4ccc(N=Nc5cc(Nc6nc(Cl)nc(CC(N)=O)n6)c(C)cc5S(=O)(=O)O)c(O)c4c3N)c(S(=O)(=O)O)cc2S(=O)(=O)O)n1.O=S(=O)=O.